The van der Waals surface area contributed by atoms with Crippen LogP contribution in [0.4, 0.5) is 4.39 Å². The summed E-state index contributed by atoms with van der Waals surface area (Å²) in [5, 5.41) is 0. The second kappa shape index (κ2) is 5.54. The van der Waals surface area contributed by atoms with Gasteiger partial charge in [0, 0.05) is 10.5 Å². The van der Waals surface area contributed by atoms with Crippen LogP contribution in [0, 0.1) is 5.82 Å². The Morgan fingerprint density at radius 1 is 1.20 bits per heavy atom. The third kappa shape index (κ3) is 2.45. The molecule has 5 heteroatoms. The summed E-state index contributed by atoms with van der Waals surface area (Å²) in [6.45, 7) is 0.644. The molecule has 2 aromatic carbocycles. The molecule has 0 saturated carbocycles. The van der Waals surface area contributed by atoms with Crippen LogP contribution in [0.25, 0.3) is 11.0 Å². The van der Waals surface area contributed by atoms with Gasteiger partial charge in [-0.05, 0) is 23.8 Å². The van der Waals surface area contributed by atoms with Crippen LogP contribution in [0.3, 0.4) is 0 Å². The normalized spacial score (nSPS) is 11.2. The van der Waals surface area contributed by atoms with Crippen LogP contribution < -0.4 is 0 Å². The van der Waals surface area contributed by atoms with E-state index in [1.807, 2.05) is 28.8 Å². The van der Waals surface area contributed by atoms with E-state index in [1.54, 1.807) is 6.07 Å². The molecule has 0 spiro atoms. The van der Waals surface area contributed by atoms with Gasteiger partial charge in [0.2, 0.25) is 0 Å². The van der Waals surface area contributed by atoms with Gasteiger partial charge in [-0.15, -0.1) is 11.6 Å². The zero-order chi connectivity index (χ0) is 14.1. The van der Waals surface area contributed by atoms with Gasteiger partial charge in [0.15, 0.2) is 0 Å². The highest BCUT2D eigenvalue weighted by Gasteiger charge is 2.12. The van der Waals surface area contributed by atoms with Crippen LogP contribution in [-0.2, 0) is 12.4 Å². The van der Waals surface area contributed by atoms with Gasteiger partial charge in [-0.1, -0.05) is 34.1 Å². The quantitative estimate of drug-likeness (QED) is 0.623. The Balaban J connectivity index is 2.12. The highest BCUT2D eigenvalue weighted by atomic mass is 79.9. The van der Waals surface area contributed by atoms with Crippen molar-refractivity contribution in [2.75, 3.05) is 0 Å². The largest absolute Gasteiger partial charge is 0.322 e. The first-order chi connectivity index (χ1) is 9.69. The van der Waals surface area contributed by atoms with Gasteiger partial charge in [-0.25, -0.2) is 9.37 Å². The molecule has 102 valence electrons. The molecule has 0 fully saturated rings. The van der Waals surface area contributed by atoms with E-state index in [0.29, 0.717) is 17.9 Å². The Labute approximate surface area is 129 Å². The lowest BCUT2D eigenvalue weighted by molar-refractivity contribution is 0.629. The fourth-order valence-corrected chi connectivity index (χ4v) is 2.84. The Bertz CT molecular complexity index is 770. The number of aromatic nitrogens is 2. The summed E-state index contributed by atoms with van der Waals surface area (Å²) in [5.41, 5.74) is 2.65. The minimum absolute atomic E-state index is 0.288. The predicted octanol–water partition coefficient (Wildman–Crippen LogP) is 4.73. The summed E-state index contributed by atoms with van der Waals surface area (Å²) in [6, 6.07) is 12.6. The van der Waals surface area contributed by atoms with E-state index >= 15 is 0 Å². The molecule has 1 aromatic heterocycles. The molecule has 3 rings (SSSR count). The van der Waals surface area contributed by atoms with E-state index in [2.05, 4.69) is 20.9 Å². The van der Waals surface area contributed by atoms with Crippen molar-refractivity contribution in [1.82, 2.24) is 9.55 Å². The first kappa shape index (κ1) is 13.6. The molecule has 0 unspecified atom stereocenters. The predicted molar refractivity (Wildman–Crippen MR) is 82.5 cm³/mol. The fourth-order valence-electron chi connectivity index (χ4n) is 2.23. The van der Waals surface area contributed by atoms with Crippen LogP contribution >= 0.6 is 27.5 Å². The summed E-state index contributed by atoms with van der Waals surface area (Å²) in [5.74, 6) is 0.744. The second-order valence-corrected chi connectivity index (χ2v) is 5.59. The third-order valence-corrected chi connectivity index (χ3v) is 4.21. The highest BCUT2D eigenvalue weighted by molar-refractivity contribution is 9.10. The van der Waals surface area contributed by atoms with Gasteiger partial charge in [0.05, 0.1) is 23.5 Å². The molecule has 1 heterocycles. The van der Waals surface area contributed by atoms with Crippen LogP contribution in [0.2, 0.25) is 0 Å². The molecule has 0 N–H and O–H groups in total. The van der Waals surface area contributed by atoms with Crippen molar-refractivity contribution in [3.8, 4) is 0 Å². The topological polar surface area (TPSA) is 17.8 Å². The molecule has 20 heavy (non-hydrogen) atoms. The molecule has 2 nitrogen and oxygen atoms in total. The van der Waals surface area contributed by atoms with Crippen LogP contribution in [0.15, 0.2) is 46.9 Å². The second-order valence-electron chi connectivity index (χ2n) is 4.47. The lowest BCUT2D eigenvalue weighted by Gasteiger charge is -2.09. The molecule has 0 aliphatic heterocycles. The third-order valence-electron chi connectivity index (χ3n) is 3.20. The van der Waals surface area contributed by atoms with Crippen molar-refractivity contribution in [2.24, 2.45) is 0 Å². The van der Waals surface area contributed by atoms with Gasteiger partial charge >= 0.3 is 0 Å². The summed E-state index contributed by atoms with van der Waals surface area (Å²) in [4.78, 5) is 4.39. The number of fused-ring (bicyclic) bond motifs is 1. The summed E-state index contributed by atoms with van der Waals surface area (Å²) >= 11 is 9.50. The Morgan fingerprint density at radius 2 is 2.00 bits per heavy atom. The van der Waals surface area contributed by atoms with Gasteiger partial charge in [-0.3, -0.25) is 0 Å². The van der Waals surface area contributed by atoms with Gasteiger partial charge in [0.25, 0.3) is 0 Å². The smallest absolute Gasteiger partial charge is 0.125 e. The van der Waals surface area contributed by atoms with E-state index in [1.165, 1.54) is 12.1 Å². The monoisotopic (exact) mass is 352 g/mol. The molecule has 0 aliphatic carbocycles. The lowest BCUT2D eigenvalue weighted by atomic mass is 10.2. The number of benzene rings is 2. The van der Waals surface area contributed by atoms with E-state index in [-0.39, 0.29) is 5.82 Å². The number of rotatable bonds is 3. The molecule has 3 aromatic rings. The maximum Gasteiger partial charge on any atom is 0.125 e. The van der Waals surface area contributed by atoms with Crippen molar-refractivity contribution in [3.05, 3.63) is 64.1 Å². The zero-order valence-electron chi connectivity index (χ0n) is 10.5. The molecule has 0 bridgehead atoms. The summed E-state index contributed by atoms with van der Waals surface area (Å²) in [7, 11) is 0. The number of halogens is 3. The standard InChI is InChI=1S/C15H11BrClFN2/c16-12-4-2-1-3-10(12)9-20-14-6-5-11(18)7-13(14)19-15(20)8-17/h1-7H,8-9H2. The maximum atomic E-state index is 13.3. The minimum Gasteiger partial charge on any atom is -0.322 e. The fraction of sp³-hybridized carbons (Fsp3) is 0.133. The Morgan fingerprint density at radius 3 is 2.75 bits per heavy atom. The molecule has 0 atom stereocenters. The SMILES string of the molecule is Fc1ccc2c(c1)nc(CCl)n2Cc1ccccc1Br. The number of hydrogen-bond donors (Lipinski definition) is 0. The van der Waals surface area contributed by atoms with Crippen molar-refractivity contribution in [1.29, 1.82) is 0 Å². The van der Waals surface area contributed by atoms with Crippen molar-refractivity contribution < 1.29 is 4.39 Å². The molecule has 0 aliphatic rings. The number of hydrogen-bond acceptors (Lipinski definition) is 1. The van der Waals surface area contributed by atoms with Crippen LogP contribution in [0.1, 0.15) is 11.4 Å². The molecule has 0 amide bonds. The number of alkyl halides is 1. The summed E-state index contributed by atoms with van der Waals surface area (Å²) in [6.07, 6.45) is 0. The number of imidazole rings is 1. The van der Waals surface area contributed by atoms with E-state index in [4.69, 9.17) is 11.6 Å². The van der Waals surface area contributed by atoms with E-state index in [0.717, 1.165) is 21.4 Å². The lowest BCUT2D eigenvalue weighted by Crippen LogP contribution is -2.04. The zero-order valence-corrected chi connectivity index (χ0v) is 12.8. The van der Waals surface area contributed by atoms with Crippen molar-refractivity contribution in [2.45, 2.75) is 12.4 Å². The summed E-state index contributed by atoms with van der Waals surface area (Å²) < 4.78 is 16.3. The van der Waals surface area contributed by atoms with Crippen molar-refractivity contribution in [3.63, 3.8) is 0 Å². The van der Waals surface area contributed by atoms with Gasteiger partial charge < -0.3 is 4.57 Å². The highest BCUT2D eigenvalue weighted by Crippen LogP contribution is 2.23. The van der Waals surface area contributed by atoms with Crippen LogP contribution in [0.5, 0.6) is 0 Å². The molecule has 0 radical (unpaired) electrons. The first-order valence-corrected chi connectivity index (χ1v) is 7.46. The van der Waals surface area contributed by atoms with Gasteiger partial charge in [-0.2, -0.15) is 0 Å². The average molecular weight is 354 g/mol. The average Bonchev–Trinajstić information content (AvgIpc) is 2.78. The molecular formula is C15H11BrClFN2. The Kier molecular flexibility index (Phi) is 3.76. The van der Waals surface area contributed by atoms with E-state index < -0.39 is 0 Å². The Hall–Kier alpha value is -1.39. The van der Waals surface area contributed by atoms with Crippen LogP contribution in [-0.4, -0.2) is 9.55 Å². The van der Waals surface area contributed by atoms with Crippen molar-refractivity contribution >= 4 is 38.6 Å². The minimum atomic E-state index is -0.288. The first-order valence-electron chi connectivity index (χ1n) is 6.13. The van der Waals surface area contributed by atoms with Gasteiger partial charge in [0.1, 0.15) is 11.6 Å². The maximum absolute atomic E-state index is 13.3. The van der Waals surface area contributed by atoms with E-state index in [9.17, 15) is 4.39 Å². The molecular weight excluding hydrogens is 343 g/mol. The number of nitrogens with zero attached hydrogens (tertiary/aromatic N) is 2. The molecule has 0 saturated heterocycles.